The van der Waals surface area contributed by atoms with Crippen molar-refractivity contribution in [1.82, 2.24) is 0 Å². The lowest BCUT2D eigenvalue weighted by molar-refractivity contribution is 1.11. The Bertz CT molecular complexity index is 244. The summed E-state index contributed by atoms with van der Waals surface area (Å²) >= 11 is 1.48. The summed E-state index contributed by atoms with van der Waals surface area (Å²) in [5, 5.41) is 4.53. The molecule has 64 valence electrons. The first kappa shape index (κ1) is 9.26. The average Bonchev–Trinajstić information content (AvgIpc) is 2.05. The Morgan fingerprint density at radius 1 is 1.17 bits per heavy atom. The van der Waals surface area contributed by atoms with Crippen LogP contribution in [-0.4, -0.2) is 5.25 Å². The minimum atomic E-state index is 0.498. The van der Waals surface area contributed by atoms with Crippen LogP contribution < -0.4 is 0 Å². The third kappa shape index (κ3) is 3.53. The van der Waals surface area contributed by atoms with Gasteiger partial charge in [-0.05, 0) is 12.1 Å². The highest BCUT2D eigenvalue weighted by atomic mass is 32.2. The van der Waals surface area contributed by atoms with E-state index in [2.05, 4.69) is 23.5 Å². The van der Waals surface area contributed by atoms with Crippen molar-refractivity contribution in [1.29, 1.82) is 0 Å². The third-order valence-electron chi connectivity index (χ3n) is 1.17. The van der Waals surface area contributed by atoms with Crippen LogP contribution in [0.25, 0.3) is 0 Å². The molecule has 0 aliphatic carbocycles. The second-order valence-corrected chi connectivity index (χ2v) is 3.99. The second-order valence-electron chi connectivity index (χ2n) is 2.67. The standard InChI is InChI=1S/C9H12N2S/c1-8(2)12-11-10-9-6-4-3-5-7-9/h3-8H,1-2H3. The first-order valence-electron chi connectivity index (χ1n) is 3.91. The minimum Gasteiger partial charge on any atom is -0.144 e. The van der Waals surface area contributed by atoms with Gasteiger partial charge in [0.1, 0.15) is 0 Å². The molecule has 0 aliphatic heterocycles. The molecule has 0 saturated carbocycles. The van der Waals surface area contributed by atoms with E-state index in [-0.39, 0.29) is 0 Å². The number of rotatable bonds is 3. The minimum absolute atomic E-state index is 0.498. The van der Waals surface area contributed by atoms with Crippen molar-refractivity contribution in [2.45, 2.75) is 19.1 Å². The molecule has 0 heterocycles. The highest BCUT2D eigenvalue weighted by Crippen LogP contribution is 2.16. The maximum atomic E-state index is 4.03. The Morgan fingerprint density at radius 2 is 1.83 bits per heavy atom. The SMILES string of the molecule is CC(C)SN=Nc1ccccc1. The Labute approximate surface area is 77.2 Å². The van der Waals surface area contributed by atoms with Crippen molar-refractivity contribution in [3.8, 4) is 0 Å². The van der Waals surface area contributed by atoms with Gasteiger partial charge in [0.15, 0.2) is 0 Å². The van der Waals surface area contributed by atoms with E-state index in [4.69, 9.17) is 0 Å². The van der Waals surface area contributed by atoms with Gasteiger partial charge >= 0.3 is 0 Å². The molecular weight excluding hydrogens is 168 g/mol. The van der Waals surface area contributed by atoms with E-state index in [1.165, 1.54) is 11.9 Å². The van der Waals surface area contributed by atoms with Crippen molar-refractivity contribution in [3.05, 3.63) is 30.3 Å². The average molecular weight is 180 g/mol. The molecule has 3 heteroatoms. The molecule has 0 fully saturated rings. The van der Waals surface area contributed by atoms with Gasteiger partial charge < -0.3 is 0 Å². The van der Waals surface area contributed by atoms with Crippen LogP contribution in [0.5, 0.6) is 0 Å². The van der Waals surface area contributed by atoms with Crippen LogP contribution in [0, 0.1) is 0 Å². The van der Waals surface area contributed by atoms with Gasteiger partial charge in [0.05, 0.1) is 5.69 Å². The van der Waals surface area contributed by atoms with Crippen LogP contribution in [0.4, 0.5) is 5.69 Å². The lowest BCUT2D eigenvalue weighted by Crippen LogP contribution is -1.79. The third-order valence-corrected chi connectivity index (χ3v) is 1.77. The van der Waals surface area contributed by atoms with E-state index in [1.54, 1.807) is 0 Å². The summed E-state index contributed by atoms with van der Waals surface area (Å²) in [5.41, 5.74) is 0.908. The summed E-state index contributed by atoms with van der Waals surface area (Å²) in [6.45, 7) is 4.18. The summed E-state index contributed by atoms with van der Waals surface area (Å²) < 4.78 is 3.98. The molecule has 0 aromatic heterocycles. The molecule has 0 unspecified atom stereocenters. The molecular formula is C9H12N2S. The lowest BCUT2D eigenvalue weighted by Gasteiger charge is -1.94. The van der Waals surface area contributed by atoms with Crippen LogP contribution in [0.1, 0.15) is 13.8 Å². The zero-order valence-corrected chi connectivity index (χ0v) is 8.08. The van der Waals surface area contributed by atoms with Crippen LogP contribution in [0.15, 0.2) is 40.0 Å². The molecule has 1 rings (SSSR count). The van der Waals surface area contributed by atoms with E-state index in [9.17, 15) is 0 Å². The molecule has 1 aromatic rings. The molecule has 0 saturated heterocycles. The highest BCUT2D eigenvalue weighted by molar-refractivity contribution is 7.98. The lowest BCUT2D eigenvalue weighted by atomic mass is 10.3. The van der Waals surface area contributed by atoms with Gasteiger partial charge in [-0.1, -0.05) is 32.0 Å². The molecule has 0 amide bonds. The number of benzene rings is 1. The van der Waals surface area contributed by atoms with Gasteiger partial charge in [0, 0.05) is 17.2 Å². The topological polar surface area (TPSA) is 24.7 Å². The predicted molar refractivity (Wildman–Crippen MR) is 53.7 cm³/mol. The van der Waals surface area contributed by atoms with Gasteiger partial charge in [0.2, 0.25) is 0 Å². The first-order chi connectivity index (χ1) is 5.79. The Morgan fingerprint density at radius 3 is 2.42 bits per heavy atom. The number of nitrogens with zero attached hydrogens (tertiary/aromatic N) is 2. The van der Waals surface area contributed by atoms with Crippen LogP contribution in [0.2, 0.25) is 0 Å². The molecule has 0 spiro atoms. The Hall–Kier alpha value is -0.830. The van der Waals surface area contributed by atoms with E-state index in [0.717, 1.165) is 5.69 Å². The number of hydrogen-bond donors (Lipinski definition) is 0. The highest BCUT2D eigenvalue weighted by Gasteiger charge is 1.90. The van der Waals surface area contributed by atoms with E-state index in [1.807, 2.05) is 30.3 Å². The van der Waals surface area contributed by atoms with Crippen molar-refractivity contribution < 1.29 is 0 Å². The quantitative estimate of drug-likeness (QED) is 0.512. The molecule has 2 nitrogen and oxygen atoms in total. The van der Waals surface area contributed by atoms with Crippen molar-refractivity contribution in [2.75, 3.05) is 0 Å². The van der Waals surface area contributed by atoms with Gasteiger partial charge in [-0.25, -0.2) is 0 Å². The summed E-state index contributed by atoms with van der Waals surface area (Å²) in [6.07, 6.45) is 0. The molecule has 0 bridgehead atoms. The van der Waals surface area contributed by atoms with Crippen LogP contribution in [-0.2, 0) is 0 Å². The Kier molecular flexibility index (Phi) is 3.80. The molecule has 12 heavy (non-hydrogen) atoms. The maximum Gasteiger partial charge on any atom is 0.0863 e. The normalized spacial score (nSPS) is 11.2. The maximum absolute atomic E-state index is 4.03. The fraction of sp³-hybridized carbons (Fsp3) is 0.333. The van der Waals surface area contributed by atoms with E-state index >= 15 is 0 Å². The molecule has 0 radical (unpaired) electrons. The summed E-state index contributed by atoms with van der Waals surface area (Å²) in [6, 6.07) is 9.74. The van der Waals surface area contributed by atoms with Gasteiger partial charge in [0.25, 0.3) is 0 Å². The predicted octanol–water partition coefficient (Wildman–Crippen LogP) is 3.83. The smallest absolute Gasteiger partial charge is 0.0863 e. The second kappa shape index (κ2) is 4.93. The van der Waals surface area contributed by atoms with Crippen molar-refractivity contribution >= 4 is 17.6 Å². The zero-order chi connectivity index (χ0) is 8.81. The van der Waals surface area contributed by atoms with Gasteiger partial charge in [-0.3, -0.25) is 0 Å². The summed E-state index contributed by atoms with van der Waals surface area (Å²) in [7, 11) is 0. The van der Waals surface area contributed by atoms with Gasteiger partial charge in [-0.2, -0.15) is 0 Å². The van der Waals surface area contributed by atoms with Crippen molar-refractivity contribution in [2.24, 2.45) is 9.63 Å². The largest absolute Gasteiger partial charge is 0.144 e. The first-order valence-corrected chi connectivity index (χ1v) is 4.74. The Balaban J connectivity index is 2.47. The van der Waals surface area contributed by atoms with Gasteiger partial charge in [-0.15, -0.1) is 9.63 Å². The van der Waals surface area contributed by atoms with Crippen LogP contribution >= 0.6 is 11.9 Å². The summed E-state index contributed by atoms with van der Waals surface area (Å²) in [5.74, 6) is 0. The van der Waals surface area contributed by atoms with Crippen molar-refractivity contribution in [3.63, 3.8) is 0 Å². The monoisotopic (exact) mass is 180 g/mol. The zero-order valence-electron chi connectivity index (χ0n) is 7.27. The summed E-state index contributed by atoms with van der Waals surface area (Å²) in [4.78, 5) is 0. The molecule has 0 aliphatic rings. The fourth-order valence-electron chi connectivity index (χ4n) is 0.660. The van der Waals surface area contributed by atoms with Crippen LogP contribution in [0.3, 0.4) is 0 Å². The number of hydrogen-bond acceptors (Lipinski definition) is 3. The molecule has 1 aromatic carbocycles. The molecule has 0 atom stereocenters. The van der Waals surface area contributed by atoms with E-state index < -0.39 is 0 Å². The fourth-order valence-corrected chi connectivity index (χ4v) is 0.990. The van der Waals surface area contributed by atoms with E-state index in [0.29, 0.717) is 5.25 Å². The molecule has 0 N–H and O–H groups in total.